The highest BCUT2D eigenvalue weighted by Crippen LogP contribution is 2.18. The van der Waals surface area contributed by atoms with E-state index < -0.39 is 86.1 Å². The first-order valence-electron chi connectivity index (χ1n) is 15.1. The number of carbonyl (C=O) groups excluding carboxylic acids is 5. The normalized spacial score (nSPS) is 18.6. The van der Waals surface area contributed by atoms with E-state index in [2.05, 4.69) is 36.4 Å². The van der Waals surface area contributed by atoms with Crippen LogP contribution in [-0.2, 0) is 35.2 Å². The molecule has 19 nitrogen and oxygen atoms in total. The number of aliphatic hydroxyl groups excluding tert-OH is 5. The van der Waals surface area contributed by atoms with Crippen LogP contribution in [0.1, 0.15) is 45.7 Å². The van der Waals surface area contributed by atoms with Crippen molar-refractivity contribution in [3.8, 4) is 0 Å². The predicted octanol–water partition coefficient (Wildman–Crippen LogP) is -4.39. The molecule has 19 heteroatoms. The Hall–Kier alpha value is -4.17. The Morgan fingerprint density at radius 3 is 2.32 bits per heavy atom. The van der Waals surface area contributed by atoms with Crippen LogP contribution in [0.4, 0.5) is 0 Å². The highest BCUT2D eigenvalue weighted by atomic mass is 16.6. The van der Waals surface area contributed by atoms with Crippen LogP contribution in [0.5, 0.6) is 0 Å². The second-order valence-electron chi connectivity index (χ2n) is 11.4. The van der Waals surface area contributed by atoms with E-state index in [0.717, 1.165) is 0 Å². The number of hydrogen-bond acceptors (Lipinski definition) is 13. The number of rotatable bonds is 19. The van der Waals surface area contributed by atoms with Crippen molar-refractivity contribution in [2.24, 2.45) is 11.1 Å². The molecule has 10 N–H and O–H groups in total. The standard InChI is InChI=1S/C28H46N8O11/c1-15(2)7-18(34-28(46)21-5-4-6-36(21)16(3)39)26(44)33-19(8-17-9-29-13-30-17)27(45)35-20(11-37)25(43)31-14-47-32-10-22(40)24(42)23(41)12-38/h9-10,13,15,18-24,37-38,40-42H,4-8,11-12,14H2,1-3H3,(H,29,30)(H,31,43)(H,33,44)(H,34,46)(H,35,45)/b32-10+/t18-,19-,20-,21-,22?,23?,24?/m0/s1. The van der Waals surface area contributed by atoms with E-state index in [9.17, 15) is 44.4 Å². The van der Waals surface area contributed by atoms with Gasteiger partial charge >= 0.3 is 0 Å². The highest BCUT2D eigenvalue weighted by molar-refractivity contribution is 5.95. The molecule has 1 saturated heterocycles. The number of H-pyrrole nitrogens is 1. The summed E-state index contributed by atoms with van der Waals surface area (Å²) in [6, 6.07) is -4.53. The molecular weight excluding hydrogens is 624 g/mol. The monoisotopic (exact) mass is 670 g/mol. The molecule has 2 heterocycles. The smallest absolute Gasteiger partial charge is 0.247 e. The fraction of sp³-hybridized carbons (Fsp3) is 0.679. The van der Waals surface area contributed by atoms with E-state index in [1.807, 2.05) is 13.8 Å². The third-order valence-electron chi connectivity index (χ3n) is 7.26. The third-order valence-corrected chi connectivity index (χ3v) is 7.26. The lowest BCUT2D eigenvalue weighted by atomic mass is 10.0. The number of nitrogens with one attached hydrogen (secondary N) is 5. The second-order valence-corrected chi connectivity index (χ2v) is 11.4. The maximum Gasteiger partial charge on any atom is 0.247 e. The van der Waals surface area contributed by atoms with Gasteiger partial charge in [-0.2, -0.15) is 0 Å². The summed E-state index contributed by atoms with van der Waals surface area (Å²) in [7, 11) is 0. The molecule has 1 fully saturated rings. The SMILES string of the molecule is CC(=O)N1CCC[C@H]1C(=O)N[C@@H](CC(C)C)C(=O)N[C@@H](Cc1cnc[nH]1)C(=O)N[C@@H](CO)C(=O)NCO/N=C/C(O)C(O)C(O)CO. The van der Waals surface area contributed by atoms with Crippen molar-refractivity contribution in [3.63, 3.8) is 0 Å². The highest BCUT2D eigenvalue weighted by Gasteiger charge is 2.36. The molecule has 0 spiro atoms. The maximum absolute atomic E-state index is 13.5. The molecule has 7 atom stereocenters. The van der Waals surface area contributed by atoms with Gasteiger partial charge in [-0.1, -0.05) is 19.0 Å². The van der Waals surface area contributed by atoms with Gasteiger partial charge in [0.2, 0.25) is 29.5 Å². The summed E-state index contributed by atoms with van der Waals surface area (Å²) >= 11 is 0. The van der Waals surface area contributed by atoms with Crippen LogP contribution in [-0.4, -0.2) is 145 Å². The summed E-state index contributed by atoms with van der Waals surface area (Å²) in [6.45, 7) is 3.28. The van der Waals surface area contributed by atoms with Gasteiger partial charge in [-0.25, -0.2) is 4.98 Å². The van der Waals surface area contributed by atoms with Gasteiger partial charge in [0.25, 0.3) is 0 Å². The van der Waals surface area contributed by atoms with Crippen molar-refractivity contribution >= 4 is 35.8 Å². The zero-order valence-electron chi connectivity index (χ0n) is 26.5. The van der Waals surface area contributed by atoms with Gasteiger partial charge in [0.05, 0.1) is 25.8 Å². The molecule has 0 bridgehead atoms. The van der Waals surface area contributed by atoms with Crippen molar-refractivity contribution in [3.05, 3.63) is 18.2 Å². The number of amides is 5. The Kier molecular flexibility index (Phi) is 16.2. The quantitative estimate of drug-likeness (QED) is 0.0289. The third kappa shape index (κ3) is 12.5. The summed E-state index contributed by atoms with van der Waals surface area (Å²) < 4.78 is 0. The van der Waals surface area contributed by atoms with Crippen molar-refractivity contribution < 1.29 is 54.3 Å². The number of imidazole rings is 1. The van der Waals surface area contributed by atoms with Crippen LogP contribution in [0.3, 0.4) is 0 Å². The summed E-state index contributed by atoms with van der Waals surface area (Å²) in [6.07, 6.45) is -0.293. The summed E-state index contributed by atoms with van der Waals surface area (Å²) in [5.41, 5.74) is 0.466. The molecule has 3 unspecified atom stereocenters. The van der Waals surface area contributed by atoms with E-state index in [1.54, 1.807) is 0 Å². The van der Waals surface area contributed by atoms with Crippen LogP contribution in [0.2, 0.25) is 0 Å². The molecule has 1 aliphatic rings. The predicted molar refractivity (Wildman–Crippen MR) is 163 cm³/mol. The van der Waals surface area contributed by atoms with Crippen molar-refractivity contribution in [2.45, 2.75) is 88.9 Å². The molecule has 0 aliphatic carbocycles. The van der Waals surface area contributed by atoms with Crippen molar-refractivity contribution in [1.29, 1.82) is 0 Å². The number of nitrogens with zero attached hydrogens (tertiary/aromatic N) is 3. The van der Waals surface area contributed by atoms with Crippen LogP contribution in [0.15, 0.2) is 17.7 Å². The molecule has 0 radical (unpaired) electrons. The molecule has 264 valence electrons. The van der Waals surface area contributed by atoms with Crippen LogP contribution in [0.25, 0.3) is 0 Å². The molecule has 1 aromatic heterocycles. The summed E-state index contributed by atoms with van der Waals surface area (Å²) in [5, 5.41) is 60.4. The first-order chi connectivity index (χ1) is 22.3. The number of aromatic amines is 1. The number of aliphatic hydroxyl groups is 5. The zero-order chi connectivity index (χ0) is 35.1. The lowest BCUT2D eigenvalue weighted by molar-refractivity contribution is -0.138. The molecule has 5 amide bonds. The Morgan fingerprint density at radius 2 is 1.72 bits per heavy atom. The fourth-order valence-electron chi connectivity index (χ4n) is 4.74. The molecule has 0 saturated carbocycles. The summed E-state index contributed by atoms with van der Waals surface area (Å²) in [4.78, 5) is 77.5. The number of likely N-dealkylation sites (tertiary alicyclic amines) is 1. The number of oxime groups is 1. The van der Waals surface area contributed by atoms with Gasteiger partial charge in [-0.3, -0.25) is 24.0 Å². The lowest BCUT2D eigenvalue weighted by Crippen LogP contribution is -2.59. The molecule has 1 aromatic rings. The minimum atomic E-state index is -1.74. The van der Waals surface area contributed by atoms with Gasteiger partial charge in [-0.15, -0.1) is 0 Å². The maximum atomic E-state index is 13.5. The van der Waals surface area contributed by atoms with E-state index in [-0.39, 0.29) is 24.7 Å². The van der Waals surface area contributed by atoms with Crippen LogP contribution in [0, 0.1) is 5.92 Å². The molecule has 1 aliphatic heterocycles. The second kappa shape index (κ2) is 19.5. The van der Waals surface area contributed by atoms with Crippen LogP contribution >= 0.6 is 0 Å². The van der Waals surface area contributed by atoms with Gasteiger partial charge in [-0.05, 0) is 25.2 Å². The van der Waals surface area contributed by atoms with E-state index in [0.29, 0.717) is 31.3 Å². The molecule has 2 rings (SSSR count). The average molecular weight is 671 g/mol. The molecule has 0 aromatic carbocycles. The van der Waals surface area contributed by atoms with Crippen molar-refractivity contribution in [1.82, 2.24) is 36.1 Å². The largest absolute Gasteiger partial charge is 0.394 e. The molecule has 47 heavy (non-hydrogen) atoms. The van der Waals surface area contributed by atoms with Gasteiger partial charge < -0.3 is 61.5 Å². The Labute approximate surface area is 271 Å². The summed E-state index contributed by atoms with van der Waals surface area (Å²) in [5.74, 6) is -3.17. The number of hydrogen-bond donors (Lipinski definition) is 10. The average Bonchev–Trinajstić information content (AvgIpc) is 3.74. The number of carbonyl (C=O) groups is 5. The Balaban J connectivity index is 2.07. The zero-order valence-corrected chi connectivity index (χ0v) is 26.5. The first-order valence-corrected chi connectivity index (χ1v) is 15.1. The fourth-order valence-corrected chi connectivity index (χ4v) is 4.74. The van der Waals surface area contributed by atoms with Crippen LogP contribution < -0.4 is 21.3 Å². The van der Waals surface area contributed by atoms with E-state index in [4.69, 9.17) is 9.94 Å². The topological polar surface area (TPSA) is 288 Å². The minimum Gasteiger partial charge on any atom is -0.394 e. The van der Waals surface area contributed by atoms with Gasteiger partial charge in [0.1, 0.15) is 42.5 Å². The number of aromatic nitrogens is 2. The van der Waals surface area contributed by atoms with E-state index >= 15 is 0 Å². The minimum absolute atomic E-state index is 0.0343. The van der Waals surface area contributed by atoms with Gasteiger partial charge in [0, 0.05) is 31.8 Å². The first kappa shape index (κ1) is 39.0. The van der Waals surface area contributed by atoms with Crippen molar-refractivity contribution in [2.75, 3.05) is 26.5 Å². The lowest BCUT2D eigenvalue weighted by Gasteiger charge is -2.28. The molecular formula is C28H46N8O11. The Bertz CT molecular complexity index is 1200. The van der Waals surface area contributed by atoms with E-state index in [1.165, 1.54) is 24.3 Å². The van der Waals surface area contributed by atoms with Gasteiger partial charge in [0.15, 0.2) is 6.73 Å². The Morgan fingerprint density at radius 1 is 1.04 bits per heavy atom.